The number of nitrogens with zero attached hydrogens (tertiary/aromatic N) is 1. The van der Waals surface area contributed by atoms with Gasteiger partial charge in [-0.2, -0.15) is 0 Å². The molecule has 4 nitrogen and oxygen atoms in total. The summed E-state index contributed by atoms with van der Waals surface area (Å²) in [6.45, 7) is 13.6. The van der Waals surface area contributed by atoms with E-state index < -0.39 is 5.60 Å². The Balaban J connectivity index is 4.73. The molecule has 0 aromatic heterocycles. The van der Waals surface area contributed by atoms with Crippen LogP contribution >= 0.6 is 0 Å². The Kier molecular flexibility index (Phi) is 6.86. The van der Waals surface area contributed by atoms with Gasteiger partial charge in [0.2, 0.25) is 0 Å². The maximum absolute atomic E-state index is 11.9. The number of ether oxygens (including phenoxy) is 1. The van der Waals surface area contributed by atoms with Gasteiger partial charge in [0.15, 0.2) is 0 Å². The molecule has 18 heavy (non-hydrogen) atoms. The summed E-state index contributed by atoms with van der Waals surface area (Å²) < 4.78 is 5.38. The van der Waals surface area contributed by atoms with Crippen LogP contribution in [-0.4, -0.2) is 41.6 Å². The molecule has 0 fully saturated rings. The average Bonchev–Trinajstić information content (AvgIpc) is 2.28. The molecule has 0 saturated carbocycles. The second-order valence-electron chi connectivity index (χ2n) is 5.74. The predicted octanol–water partition coefficient (Wildman–Crippen LogP) is 2.17. The van der Waals surface area contributed by atoms with E-state index in [0.29, 0.717) is 13.1 Å². The summed E-state index contributed by atoms with van der Waals surface area (Å²) in [5.74, 6) is -0.177. The van der Waals surface area contributed by atoms with Crippen LogP contribution in [0, 0.1) is 0 Å². The van der Waals surface area contributed by atoms with Crippen LogP contribution in [0.3, 0.4) is 0 Å². The van der Waals surface area contributed by atoms with Gasteiger partial charge < -0.3 is 10.5 Å². The molecule has 108 valence electrons. The fourth-order valence-corrected chi connectivity index (χ4v) is 2.26. The van der Waals surface area contributed by atoms with E-state index in [2.05, 4.69) is 25.7 Å². The van der Waals surface area contributed by atoms with Gasteiger partial charge in [0.05, 0.1) is 6.54 Å². The third-order valence-electron chi connectivity index (χ3n) is 3.49. The van der Waals surface area contributed by atoms with Crippen LogP contribution in [0.4, 0.5) is 0 Å². The van der Waals surface area contributed by atoms with Gasteiger partial charge in [-0.15, -0.1) is 0 Å². The summed E-state index contributed by atoms with van der Waals surface area (Å²) in [7, 11) is 0. The lowest BCUT2D eigenvalue weighted by Gasteiger charge is -2.41. The maximum atomic E-state index is 11.9. The van der Waals surface area contributed by atoms with E-state index in [1.807, 2.05) is 20.8 Å². The summed E-state index contributed by atoms with van der Waals surface area (Å²) in [4.78, 5) is 14.1. The van der Waals surface area contributed by atoms with Gasteiger partial charge in [0.25, 0.3) is 0 Å². The molecule has 0 heterocycles. The molecule has 0 amide bonds. The third kappa shape index (κ3) is 4.94. The van der Waals surface area contributed by atoms with E-state index in [-0.39, 0.29) is 11.5 Å². The monoisotopic (exact) mass is 258 g/mol. The third-order valence-corrected chi connectivity index (χ3v) is 3.49. The first-order valence-electron chi connectivity index (χ1n) is 6.91. The smallest absolute Gasteiger partial charge is 0.320 e. The summed E-state index contributed by atoms with van der Waals surface area (Å²) in [6.07, 6.45) is 1.88. The summed E-state index contributed by atoms with van der Waals surface area (Å²) in [5.41, 5.74) is 5.39. The molecule has 0 aromatic carbocycles. The highest BCUT2D eigenvalue weighted by molar-refractivity contribution is 5.72. The first kappa shape index (κ1) is 17.4. The Labute approximate surface area is 112 Å². The van der Waals surface area contributed by atoms with E-state index in [1.165, 1.54) is 0 Å². The van der Waals surface area contributed by atoms with E-state index in [0.717, 1.165) is 19.4 Å². The topological polar surface area (TPSA) is 55.6 Å². The standard InChI is InChI=1S/C14H30N2O2/c1-7-14(8-2,11-15)16(9-3)10-12(17)18-13(4,5)6/h7-11,15H2,1-6H3. The summed E-state index contributed by atoms with van der Waals surface area (Å²) in [5, 5.41) is 0. The molecule has 0 bridgehead atoms. The molecule has 0 rings (SSSR count). The van der Waals surface area contributed by atoms with Gasteiger partial charge in [-0.3, -0.25) is 9.69 Å². The van der Waals surface area contributed by atoms with Crippen LogP contribution < -0.4 is 5.73 Å². The average molecular weight is 258 g/mol. The van der Waals surface area contributed by atoms with Crippen molar-refractivity contribution in [2.24, 2.45) is 5.73 Å². The van der Waals surface area contributed by atoms with Crippen molar-refractivity contribution in [3.05, 3.63) is 0 Å². The Morgan fingerprint density at radius 1 is 1.17 bits per heavy atom. The molecule has 0 spiro atoms. The van der Waals surface area contributed by atoms with Crippen LogP contribution in [0.1, 0.15) is 54.4 Å². The first-order valence-corrected chi connectivity index (χ1v) is 6.91. The van der Waals surface area contributed by atoms with Gasteiger partial charge in [0.1, 0.15) is 5.60 Å². The molecule has 0 aliphatic carbocycles. The first-order chi connectivity index (χ1) is 8.24. The predicted molar refractivity (Wildman–Crippen MR) is 75.5 cm³/mol. The molecule has 0 aromatic rings. The van der Waals surface area contributed by atoms with Crippen LogP contribution in [0.15, 0.2) is 0 Å². The molecule has 4 heteroatoms. The van der Waals surface area contributed by atoms with Gasteiger partial charge in [0, 0.05) is 12.1 Å². The number of carbonyl (C=O) groups excluding carboxylic acids is 1. The second kappa shape index (κ2) is 7.10. The minimum atomic E-state index is -0.430. The summed E-state index contributed by atoms with van der Waals surface area (Å²) in [6, 6.07) is 0. The summed E-state index contributed by atoms with van der Waals surface area (Å²) >= 11 is 0. The number of hydrogen-bond donors (Lipinski definition) is 1. The lowest BCUT2D eigenvalue weighted by atomic mass is 9.90. The van der Waals surface area contributed by atoms with Crippen molar-refractivity contribution < 1.29 is 9.53 Å². The Morgan fingerprint density at radius 3 is 1.94 bits per heavy atom. The van der Waals surface area contributed by atoms with Gasteiger partial charge in [-0.05, 0) is 40.2 Å². The maximum Gasteiger partial charge on any atom is 0.320 e. The van der Waals surface area contributed by atoms with Gasteiger partial charge in [-0.1, -0.05) is 20.8 Å². The normalized spacial score (nSPS) is 12.9. The highest BCUT2D eigenvalue weighted by Gasteiger charge is 2.33. The van der Waals surface area contributed by atoms with Crippen molar-refractivity contribution in [2.45, 2.75) is 65.5 Å². The molecule has 0 atom stereocenters. The van der Waals surface area contributed by atoms with E-state index in [9.17, 15) is 4.79 Å². The molecular formula is C14H30N2O2. The zero-order chi connectivity index (χ0) is 14.4. The van der Waals surface area contributed by atoms with Crippen LogP contribution in [0.2, 0.25) is 0 Å². The largest absolute Gasteiger partial charge is 0.459 e. The number of rotatable bonds is 7. The minimum absolute atomic E-state index is 0.0916. The Bertz CT molecular complexity index is 247. The van der Waals surface area contributed by atoms with Crippen LogP contribution in [0.5, 0.6) is 0 Å². The van der Waals surface area contributed by atoms with Crippen molar-refractivity contribution in [1.82, 2.24) is 4.90 Å². The number of esters is 1. The molecule has 0 saturated heterocycles. The van der Waals surface area contributed by atoms with Crippen molar-refractivity contribution in [2.75, 3.05) is 19.6 Å². The Hall–Kier alpha value is -0.610. The van der Waals surface area contributed by atoms with E-state index in [1.54, 1.807) is 0 Å². The molecule has 0 aliphatic rings. The highest BCUT2D eigenvalue weighted by Crippen LogP contribution is 2.23. The number of hydrogen-bond acceptors (Lipinski definition) is 4. The van der Waals surface area contributed by atoms with E-state index in [4.69, 9.17) is 10.5 Å². The lowest BCUT2D eigenvalue weighted by Crippen LogP contribution is -2.55. The van der Waals surface area contributed by atoms with Crippen molar-refractivity contribution >= 4 is 5.97 Å². The van der Waals surface area contributed by atoms with Crippen molar-refractivity contribution in [1.29, 1.82) is 0 Å². The second-order valence-corrected chi connectivity index (χ2v) is 5.74. The van der Waals surface area contributed by atoms with Crippen LogP contribution in [0.25, 0.3) is 0 Å². The zero-order valence-electron chi connectivity index (χ0n) is 12.9. The molecular weight excluding hydrogens is 228 g/mol. The zero-order valence-corrected chi connectivity index (χ0v) is 12.9. The number of likely N-dealkylation sites (N-methyl/N-ethyl adjacent to an activating group) is 1. The highest BCUT2D eigenvalue weighted by atomic mass is 16.6. The van der Waals surface area contributed by atoms with Gasteiger partial charge >= 0.3 is 5.97 Å². The molecule has 0 radical (unpaired) electrons. The quantitative estimate of drug-likeness (QED) is 0.711. The number of nitrogens with two attached hydrogens (primary N) is 1. The van der Waals surface area contributed by atoms with Gasteiger partial charge in [-0.25, -0.2) is 0 Å². The molecule has 0 unspecified atom stereocenters. The fourth-order valence-electron chi connectivity index (χ4n) is 2.26. The van der Waals surface area contributed by atoms with Crippen molar-refractivity contribution in [3.8, 4) is 0 Å². The Morgan fingerprint density at radius 2 is 1.67 bits per heavy atom. The minimum Gasteiger partial charge on any atom is -0.459 e. The molecule has 0 aliphatic heterocycles. The lowest BCUT2D eigenvalue weighted by molar-refractivity contribution is -0.157. The number of carbonyl (C=O) groups is 1. The molecule has 2 N–H and O–H groups in total. The van der Waals surface area contributed by atoms with E-state index >= 15 is 0 Å². The SMILES string of the molecule is CCN(CC(=O)OC(C)(C)C)C(CC)(CC)CN. The fraction of sp³-hybridized carbons (Fsp3) is 0.929. The van der Waals surface area contributed by atoms with Crippen LogP contribution in [-0.2, 0) is 9.53 Å². The van der Waals surface area contributed by atoms with Crippen molar-refractivity contribution in [3.63, 3.8) is 0 Å².